The Balaban J connectivity index is 3.42. The van der Waals surface area contributed by atoms with Crippen molar-refractivity contribution < 1.29 is 4.43 Å². The van der Waals surface area contributed by atoms with E-state index in [4.69, 9.17) is 4.43 Å². The Morgan fingerprint density at radius 3 is 2.30 bits per heavy atom. The Hall–Kier alpha value is 0.177. The molecular weight excluding hydrogens is 140 g/mol. The van der Waals surface area contributed by atoms with E-state index in [-0.39, 0.29) is 0 Å². The first-order valence-corrected chi connectivity index (χ1v) is 7.09. The minimum Gasteiger partial charge on any atom is -0.417 e. The molecule has 0 aliphatic heterocycles. The molecule has 0 saturated carbocycles. The zero-order valence-corrected chi connectivity index (χ0v) is 8.61. The van der Waals surface area contributed by atoms with Crippen LogP contribution < -0.4 is 0 Å². The van der Waals surface area contributed by atoms with Crippen molar-refractivity contribution in [2.45, 2.75) is 39.8 Å². The summed E-state index contributed by atoms with van der Waals surface area (Å²) in [5.74, 6) is 0. The summed E-state index contributed by atoms with van der Waals surface area (Å²) in [6.45, 7) is 9.61. The highest BCUT2D eigenvalue weighted by molar-refractivity contribution is 6.74. The molecule has 0 unspecified atom stereocenters. The standard InChI is InChI=1S/C8H19OSi/c1-5-7-8-10(3,4)9-6-2/h8H,5-7H2,1-4H3. The third kappa shape index (κ3) is 5.00. The molecule has 0 spiro atoms. The molecule has 0 aromatic rings. The fourth-order valence-electron chi connectivity index (χ4n) is 0.923. The summed E-state index contributed by atoms with van der Waals surface area (Å²) in [5.41, 5.74) is 0. The fourth-order valence-corrected chi connectivity index (χ4v) is 2.77. The van der Waals surface area contributed by atoms with Crippen LogP contribution in [0.3, 0.4) is 0 Å². The highest BCUT2D eigenvalue weighted by Gasteiger charge is 2.20. The lowest BCUT2D eigenvalue weighted by molar-refractivity contribution is 0.334. The van der Waals surface area contributed by atoms with Gasteiger partial charge in [0, 0.05) is 6.61 Å². The van der Waals surface area contributed by atoms with Crippen molar-refractivity contribution >= 4 is 8.32 Å². The summed E-state index contributed by atoms with van der Waals surface area (Å²) in [6, 6.07) is 2.37. The number of unbranched alkanes of at least 4 members (excludes halogenated alkanes) is 1. The van der Waals surface area contributed by atoms with Crippen LogP contribution in [0.1, 0.15) is 26.7 Å². The van der Waals surface area contributed by atoms with Gasteiger partial charge in [-0.1, -0.05) is 19.8 Å². The molecule has 1 radical (unpaired) electrons. The van der Waals surface area contributed by atoms with Gasteiger partial charge in [0.25, 0.3) is 0 Å². The van der Waals surface area contributed by atoms with Crippen LogP contribution in [0.15, 0.2) is 0 Å². The van der Waals surface area contributed by atoms with E-state index in [0.29, 0.717) is 0 Å². The molecule has 0 atom stereocenters. The van der Waals surface area contributed by atoms with Crippen LogP contribution in [0.2, 0.25) is 13.1 Å². The topological polar surface area (TPSA) is 9.23 Å². The lowest BCUT2D eigenvalue weighted by atomic mass is 10.4. The average Bonchev–Trinajstić information content (AvgIpc) is 1.84. The molecule has 10 heavy (non-hydrogen) atoms. The molecule has 0 aliphatic rings. The molecule has 0 aliphatic carbocycles. The first kappa shape index (κ1) is 10.2. The Bertz CT molecular complexity index is 81.3. The van der Waals surface area contributed by atoms with Crippen LogP contribution in [-0.2, 0) is 4.43 Å². The van der Waals surface area contributed by atoms with Crippen LogP contribution in [0, 0.1) is 6.04 Å². The lowest BCUT2D eigenvalue weighted by Crippen LogP contribution is -2.31. The minimum atomic E-state index is -1.35. The van der Waals surface area contributed by atoms with Gasteiger partial charge in [0.1, 0.15) is 0 Å². The van der Waals surface area contributed by atoms with Gasteiger partial charge in [0.15, 0.2) is 8.32 Å². The van der Waals surface area contributed by atoms with E-state index in [9.17, 15) is 0 Å². The summed E-state index contributed by atoms with van der Waals surface area (Å²) in [6.07, 6.45) is 2.45. The normalized spacial score (nSPS) is 12.0. The number of hydrogen-bond acceptors (Lipinski definition) is 1. The van der Waals surface area contributed by atoms with E-state index in [1.54, 1.807) is 0 Å². The van der Waals surface area contributed by atoms with Gasteiger partial charge in [-0.05, 0) is 26.1 Å². The maximum atomic E-state index is 5.61. The van der Waals surface area contributed by atoms with Gasteiger partial charge in [0.2, 0.25) is 0 Å². The smallest absolute Gasteiger partial charge is 0.189 e. The summed E-state index contributed by atoms with van der Waals surface area (Å²) >= 11 is 0. The molecular formula is C8H19OSi. The van der Waals surface area contributed by atoms with Gasteiger partial charge in [-0.15, -0.1) is 0 Å². The highest BCUT2D eigenvalue weighted by atomic mass is 28.4. The van der Waals surface area contributed by atoms with Crippen LogP contribution in [0.4, 0.5) is 0 Å². The zero-order chi connectivity index (χ0) is 8.04. The summed E-state index contributed by atoms with van der Waals surface area (Å²) < 4.78 is 5.61. The monoisotopic (exact) mass is 159 g/mol. The molecule has 0 fully saturated rings. The molecule has 2 heteroatoms. The molecule has 0 aromatic carbocycles. The Labute approximate surface area is 65.9 Å². The highest BCUT2D eigenvalue weighted by Crippen LogP contribution is 2.11. The van der Waals surface area contributed by atoms with E-state index < -0.39 is 8.32 Å². The molecule has 0 rings (SSSR count). The van der Waals surface area contributed by atoms with E-state index >= 15 is 0 Å². The van der Waals surface area contributed by atoms with Crippen molar-refractivity contribution in [3.63, 3.8) is 0 Å². The van der Waals surface area contributed by atoms with Crippen molar-refractivity contribution in [3.8, 4) is 0 Å². The summed E-state index contributed by atoms with van der Waals surface area (Å²) in [4.78, 5) is 0. The third-order valence-electron chi connectivity index (χ3n) is 1.44. The van der Waals surface area contributed by atoms with Gasteiger partial charge in [0.05, 0.1) is 0 Å². The van der Waals surface area contributed by atoms with Crippen LogP contribution in [0.5, 0.6) is 0 Å². The van der Waals surface area contributed by atoms with Gasteiger partial charge >= 0.3 is 0 Å². The van der Waals surface area contributed by atoms with Crippen molar-refractivity contribution in [3.05, 3.63) is 6.04 Å². The van der Waals surface area contributed by atoms with Gasteiger partial charge in [-0.25, -0.2) is 0 Å². The van der Waals surface area contributed by atoms with E-state index in [1.807, 2.05) is 0 Å². The predicted octanol–water partition coefficient (Wildman–Crippen LogP) is 2.77. The first-order valence-electron chi connectivity index (χ1n) is 4.10. The molecule has 0 N–H and O–H groups in total. The molecule has 0 amide bonds. The summed E-state index contributed by atoms with van der Waals surface area (Å²) in [5, 5.41) is 0. The molecule has 0 aromatic heterocycles. The largest absolute Gasteiger partial charge is 0.417 e. The van der Waals surface area contributed by atoms with E-state index in [2.05, 4.69) is 33.0 Å². The molecule has 0 saturated heterocycles. The third-order valence-corrected chi connectivity index (χ3v) is 3.75. The molecule has 1 nitrogen and oxygen atoms in total. The van der Waals surface area contributed by atoms with Gasteiger partial charge < -0.3 is 4.43 Å². The quantitative estimate of drug-likeness (QED) is 0.560. The van der Waals surface area contributed by atoms with Crippen molar-refractivity contribution in [2.24, 2.45) is 0 Å². The van der Waals surface area contributed by atoms with Crippen LogP contribution in [-0.4, -0.2) is 14.9 Å². The second-order valence-corrected chi connectivity index (χ2v) is 6.93. The minimum absolute atomic E-state index is 0.861. The van der Waals surface area contributed by atoms with Crippen LogP contribution >= 0.6 is 0 Å². The van der Waals surface area contributed by atoms with E-state index in [0.717, 1.165) is 6.61 Å². The molecule has 0 heterocycles. The average molecular weight is 159 g/mol. The van der Waals surface area contributed by atoms with Crippen molar-refractivity contribution in [1.29, 1.82) is 0 Å². The number of rotatable bonds is 5. The second kappa shape index (κ2) is 4.91. The maximum absolute atomic E-state index is 5.61. The van der Waals surface area contributed by atoms with Gasteiger partial charge in [-0.3, -0.25) is 0 Å². The van der Waals surface area contributed by atoms with Gasteiger partial charge in [-0.2, -0.15) is 0 Å². The SMILES string of the molecule is CCC[CH][Si](C)(C)OCC. The van der Waals surface area contributed by atoms with Crippen LogP contribution in [0.25, 0.3) is 0 Å². The first-order chi connectivity index (χ1) is 4.62. The zero-order valence-electron chi connectivity index (χ0n) is 7.61. The van der Waals surface area contributed by atoms with Crippen molar-refractivity contribution in [2.75, 3.05) is 6.61 Å². The summed E-state index contributed by atoms with van der Waals surface area (Å²) in [7, 11) is -1.35. The Morgan fingerprint density at radius 1 is 1.30 bits per heavy atom. The fraction of sp³-hybridized carbons (Fsp3) is 0.875. The second-order valence-electron chi connectivity index (χ2n) is 3.03. The Morgan fingerprint density at radius 2 is 1.90 bits per heavy atom. The predicted molar refractivity (Wildman–Crippen MR) is 48.3 cm³/mol. The maximum Gasteiger partial charge on any atom is 0.189 e. The van der Waals surface area contributed by atoms with Crippen molar-refractivity contribution in [1.82, 2.24) is 0 Å². The molecule has 61 valence electrons. The Kier molecular flexibility index (Phi) is 5.00. The van der Waals surface area contributed by atoms with E-state index in [1.165, 1.54) is 12.8 Å². The molecule has 0 bridgehead atoms. The lowest BCUT2D eigenvalue weighted by Gasteiger charge is -2.20. The number of hydrogen-bond donors (Lipinski definition) is 0.